The molecule has 0 bridgehead atoms. The van der Waals surface area contributed by atoms with Gasteiger partial charge in [-0.3, -0.25) is 14.5 Å². The Kier molecular flexibility index (Phi) is 7.33. The third-order valence-corrected chi connectivity index (χ3v) is 6.64. The maximum absolute atomic E-state index is 12.9. The fraction of sp³-hybridized carbons (Fsp3) is 0.440. The van der Waals surface area contributed by atoms with Crippen molar-refractivity contribution in [3.8, 4) is 5.75 Å². The number of methoxy groups -OCH3 is 1. The van der Waals surface area contributed by atoms with Gasteiger partial charge in [-0.25, -0.2) is 0 Å². The Morgan fingerprint density at radius 3 is 2.62 bits per heavy atom. The van der Waals surface area contributed by atoms with E-state index in [1.54, 1.807) is 12.0 Å². The maximum Gasteiger partial charge on any atom is 0.225 e. The molecule has 2 aliphatic rings. The lowest BCUT2D eigenvalue weighted by molar-refractivity contribution is -0.129. The van der Waals surface area contributed by atoms with Gasteiger partial charge in [0.1, 0.15) is 5.75 Å². The van der Waals surface area contributed by atoms with Gasteiger partial charge >= 0.3 is 0 Å². The van der Waals surface area contributed by atoms with Gasteiger partial charge < -0.3 is 15.0 Å². The molecule has 0 radical (unpaired) electrons. The first-order valence-corrected chi connectivity index (χ1v) is 11.6. The molecule has 2 saturated heterocycles. The second-order valence-corrected chi connectivity index (χ2v) is 9.02. The van der Waals surface area contributed by atoms with Crippen molar-refractivity contribution in [1.82, 2.24) is 15.1 Å². The molecule has 2 amide bonds. The first kappa shape index (κ1) is 22.6. The molecule has 2 unspecified atom stereocenters. The molecule has 2 heterocycles. The highest BCUT2D eigenvalue weighted by atomic mass is 35.5. The zero-order valence-electron chi connectivity index (χ0n) is 18.4. The van der Waals surface area contributed by atoms with Crippen molar-refractivity contribution in [3.05, 3.63) is 64.7 Å². The van der Waals surface area contributed by atoms with Crippen molar-refractivity contribution in [2.45, 2.75) is 31.8 Å². The number of nitrogens with zero attached hydrogens (tertiary/aromatic N) is 2. The molecule has 4 rings (SSSR count). The molecule has 2 atom stereocenters. The predicted molar refractivity (Wildman–Crippen MR) is 125 cm³/mol. The van der Waals surface area contributed by atoms with E-state index in [2.05, 4.69) is 16.3 Å². The second kappa shape index (κ2) is 10.4. The van der Waals surface area contributed by atoms with Gasteiger partial charge in [-0.1, -0.05) is 35.9 Å². The summed E-state index contributed by atoms with van der Waals surface area (Å²) in [5.74, 6) is 0.430. The molecule has 6 nitrogen and oxygen atoms in total. The van der Waals surface area contributed by atoms with Crippen molar-refractivity contribution in [2.75, 3.05) is 33.3 Å². The number of hydrogen-bond acceptors (Lipinski definition) is 4. The molecular formula is C25H30ClN3O3. The van der Waals surface area contributed by atoms with Crippen molar-refractivity contribution >= 4 is 23.4 Å². The van der Waals surface area contributed by atoms with Crippen LogP contribution >= 0.6 is 11.6 Å². The lowest BCUT2D eigenvalue weighted by atomic mass is 10.0. The number of amides is 2. The Balaban J connectivity index is 1.35. The van der Waals surface area contributed by atoms with Crippen LogP contribution in [0, 0.1) is 5.92 Å². The van der Waals surface area contributed by atoms with Crippen molar-refractivity contribution in [3.63, 3.8) is 0 Å². The highest BCUT2D eigenvalue weighted by Crippen LogP contribution is 2.27. The molecular weight excluding hydrogens is 426 g/mol. The van der Waals surface area contributed by atoms with Crippen LogP contribution in [-0.2, 0) is 16.1 Å². The average molecular weight is 456 g/mol. The number of benzene rings is 2. The van der Waals surface area contributed by atoms with Crippen LogP contribution in [0.4, 0.5) is 0 Å². The zero-order chi connectivity index (χ0) is 22.5. The first-order valence-electron chi connectivity index (χ1n) is 11.2. The molecule has 1 N–H and O–H groups in total. The van der Waals surface area contributed by atoms with Crippen LogP contribution in [-0.4, -0.2) is 54.9 Å². The van der Waals surface area contributed by atoms with Gasteiger partial charge in [0.05, 0.1) is 19.1 Å². The third-order valence-electron chi connectivity index (χ3n) is 6.40. The summed E-state index contributed by atoms with van der Waals surface area (Å²) in [6.45, 7) is 3.51. The molecule has 7 heteroatoms. The van der Waals surface area contributed by atoms with Crippen LogP contribution in [0.2, 0.25) is 5.02 Å². The van der Waals surface area contributed by atoms with Gasteiger partial charge in [0.25, 0.3) is 0 Å². The van der Waals surface area contributed by atoms with E-state index >= 15 is 0 Å². The molecule has 32 heavy (non-hydrogen) atoms. The van der Waals surface area contributed by atoms with E-state index in [-0.39, 0.29) is 30.2 Å². The minimum atomic E-state index is -0.320. The fourth-order valence-corrected chi connectivity index (χ4v) is 4.82. The lowest BCUT2D eigenvalue weighted by Gasteiger charge is -2.28. The summed E-state index contributed by atoms with van der Waals surface area (Å²) in [5.41, 5.74) is 2.14. The Hall–Kier alpha value is -2.57. The maximum atomic E-state index is 12.9. The SMILES string of the molecule is COc1ccc(CN2CC(C(=O)NCC(c3cccc(Cl)c3)N3CCCC3)CC2=O)cc1. The Labute approximate surface area is 194 Å². The number of hydrogen-bond donors (Lipinski definition) is 1. The molecule has 0 spiro atoms. The molecule has 0 aliphatic carbocycles. The van der Waals surface area contributed by atoms with E-state index < -0.39 is 0 Å². The molecule has 0 saturated carbocycles. The predicted octanol–water partition coefficient (Wildman–Crippen LogP) is 3.65. The lowest BCUT2D eigenvalue weighted by Crippen LogP contribution is -2.40. The molecule has 2 aliphatic heterocycles. The van der Waals surface area contributed by atoms with E-state index in [1.807, 2.05) is 42.5 Å². The van der Waals surface area contributed by atoms with Crippen LogP contribution < -0.4 is 10.1 Å². The summed E-state index contributed by atoms with van der Waals surface area (Å²) >= 11 is 6.22. The topological polar surface area (TPSA) is 61.9 Å². The highest BCUT2D eigenvalue weighted by Gasteiger charge is 2.35. The Morgan fingerprint density at radius 1 is 1.19 bits per heavy atom. The van der Waals surface area contributed by atoms with Crippen molar-refractivity contribution in [2.24, 2.45) is 5.92 Å². The number of carbonyl (C=O) groups excluding carboxylic acids is 2. The van der Waals surface area contributed by atoms with Gasteiger partial charge in [-0.2, -0.15) is 0 Å². The summed E-state index contributed by atoms with van der Waals surface area (Å²) in [4.78, 5) is 29.6. The standard InChI is InChI=1S/C25H30ClN3O3/c1-32-22-9-7-18(8-10-22)16-29-17-20(14-24(29)30)25(31)27-15-23(28-11-2-3-12-28)19-5-4-6-21(26)13-19/h4-10,13,20,23H,2-3,11-12,14-17H2,1H3,(H,27,31). The Bertz CT molecular complexity index is 944. The van der Waals surface area contributed by atoms with Crippen LogP contribution in [0.1, 0.15) is 36.4 Å². The number of carbonyl (C=O) groups is 2. The van der Waals surface area contributed by atoms with E-state index in [9.17, 15) is 9.59 Å². The van der Waals surface area contributed by atoms with Gasteiger partial charge in [0.2, 0.25) is 11.8 Å². The van der Waals surface area contributed by atoms with Crippen LogP contribution in [0.3, 0.4) is 0 Å². The van der Waals surface area contributed by atoms with Gasteiger partial charge in [0, 0.05) is 31.1 Å². The van der Waals surface area contributed by atoms with E-state index in [0.717, 1.165) is 30.0 Å². The minimum absolute atomic E-state index is 0.0203. The van der Waals surface area contributed by atoms with Gasteiger partial charge in [-0.15, -0.1) is 0 Å². The largest absolute Gasteiger partial charge is 0.497 e. The number of ether oxygens (including phenoxy) is 1. The first-order chi connectivity index (χ1) is 15.5. The quantitative estimate of drug-likeness (QED) is 0.660. The summed E-state index contributed by atoms with van der Waals surface area (Å²) in [5, 5.41) is 3.82. The normalized spacial score (nSPS) is 19.9. The summed E-state index contributed by atoms with van der Waals surface area (Å²) in [7, 11) is 1.63. The number of nitrogens with one attached hydrogen (secondary N) is 1. The van der Waals surface area contributed by atoms with Crippen molar-refractivity contribution in [1.29, 1.82) is 0 Å². The van der Waals surface area contributed by atoms with Crippen LogP contribution in [0.5, 0.6) is 5.75 Å². The van der Waals surface area contributed by atoms with Crippen LogP contribution in [0.15, 0.2) is 48.5 Å². The van der Waals surface area contributed by atoms with Crippen LogP contribution in [0.25, 0.3) is 0 Å². The summed E-state index contributed by atoms with van der Waals surface area (Å²) in [6.07, 6.45) is 2.60. The van der Waals surface area contributed by atoms with Gasteiger partial charge in [-0.05, 0) is 61.3 Å². The van der Waals surface area contributed by atoms with Gasteiger partial charge in [0.15, 0.2) is 0 Å². The summed E-state index contributed by atoms with van der Waals surface area (Å²) < 4.78 is 5.19. The summed E-state index contributed by atoms with van der Waals surface area (Å²) in [6, 6.07) is 15.6. The highest BCUT2D eigenvalue weighted by molar-refractivity contribution is 6.30. The zero-order valence-corrected chi connectivity index (χ0v) is 19.2. The smallest absolute Gasteiger partial charge is 0.225 e. The van der Waals surface area contributed by atoms with E-state index in [1.165, 1.54) is 12.8 Å². The third kappa shape index (κ3) is 5.43. The van der Waals surface area contributed by atoms with E-state index in [0.29, 0.717) is 24.7 Å². The molecule has 170 valence electrons. The fourth-order valence-electron chi connectivity index (χ4n) is 4.62. The monoisotopic (exact) mass is 455 g/mol. The van der Waals surface area contributed by atoms with Crippen molar-refractivity contribution < 1.29 is 14.3 Å². The number of rotatable bonds is 8. The Morgan fingerprint density at radius 2 is 1.94 bits per heavy atom. The molecule has 2 aromatic rings. The average Bonchev–Trinajstić information content (AvgIpc) is 3.45. The molecule has 2 aromatic carbocycles. The number of halogens is 1. The molecule has 2 fully saturated rings. The molecule has 0 aromatic heterocycles. The van der Waals surface area contributed by atoms with E-state index in [4.69, 9.17) is 16.3 Å². The number of likely N-dealkylation sites (tertiary alicyclic amines) is 2. The second-order valence-electron chi connectivity index (χ2n) is 8.58. The minimum Gasteiger partial charge on any atom is -0.497 e.